The van der Waals surface area contributed by atoms with E-state index in [0.29, 0.717) is 24.9 Å². The summed E-state index contributed by atoms with van der Waals surface area (Å²) in [5, 5.41) is 9.44. The van der Waals surface area contributed by atoms with Gasteiger partial charge in [0.2, 0.25) is 5.91 Å². The van der Waals surface area contributed by atoms with E-state index in [9.17, 15) is 19.5 Å². The molecule has 32 heavy (non-hydrogen) atoms. The van der Waals surface area contributed by atoms with Crippen LogP contribution < -0.4 is 5.69 Å². The van der Waals surface area contributed by atoms with Crippen molar-refractivity contribution in [2.75, 3.05) is 0 Å². The number of allylic oxidation sites excluding steroid dienone is 2. The fourth-order valence-electron chi connectivity index (χ4n) is 3.62. The predicted octanol–water partition coefficient (Wildman–Crippen LogP) is 5.01. The highest BCUT2D eigenvalue weighted by Gasteiger charge is 2.16. The summed E-state index contributed by atoms with van der Waals surface area (Å²) in [5.74, 6) is -1.16. The molecule has 6 heteroatoms. The van der Waals surface area contributed by atoms with Crippen LogP contribution in [0.1, 0.15) is 59.5 Å². The molecule has 0 spiro atoms. The largest absolute Gasteiger partial charge is 0.478 e. The van der Waals surface area contributed by atoms with Crippen molar-refractivity contribution in [2.24, 2.45) is 0 Å². The highest BCUT2D eigenvalue weighted by Crippen LogP contribution is 2.24. The Hall–Kier alpha value is -3.67. The van der Waals surface area contributed by atoms with E-state index >= 15 is 0 Å². The van der Waals surface area contributed by atoms with Crippen LogP contribution in [0.2, 0.25) is 0 Å². The maximum atomic E-state index is 13.0. The highest BCUT2D eigenvalue weighted by atomic mass is 16.4. The number of carboxylic acid groups (broad SMARTS) is 1. The van der Waals surface area contributed by atoms with E-state index in [-0.39, 0.29) is 17.2 Å². The Balaban J connectivity index is 1.91. The van der Waals surface area contributed by atoms with Gasteiger partial charge in [0.05, 0.1) is 12.1 Å². The van der Waals surface area contributed by atoms with Crippen LogP contribution in [0.25, 0.3) is 11.1 Å². The van der Waals surface area contributed by atoms with E-state index in [1.165, 1.54) is 4.57 Å². The molecule has 0 fully saturated rings. The summed E-state index contributed by atoms with van der Waals surface area (Å²) in [5.41, 5.74) is 3.02. The fraction of sp³-hybridized carbons (Fsp3) is 0.269. The van der Waals surface area contributed by atoms with Gasteiger partial charge in [-0.3, -0.25) is 9.36 Å². The molecule has 3 aromatic rings. The highest BCUT2D eigenvalue weighted by molar-refractivity contribution is 5.96. The topological polar surface area (TPSA) is 81.3 Å². The van der Waals surface area contributed by atoms with Crippen molar-refractivity contribution < 1.29 is 14.7 Å². The van der Waals surface area contributed by atoms with Crippen molar-refractivity contribution in [3.63, 3.8) is 0 Å². The number of benzene rings is 2. The van der Waals surface area contributed by atoms with Crippen LogP contribution in [0, 0.1) is 0 Å². The third kappa shape index (κ3) is 5.14. The van der Waals surface area contributed by atoms with Crippen molar-refractivity contribution in [3.05, 3.63) is 94.2 Å². The summed E-state index contributed by atoms with van der Waals surface area (Å²) in [6.07, 6.45) is 8.07. The van der Waals surface area contributed by atoms with E-state index in [4.69, 9.17) is 0 Å². The lowest BCUT2D eigenvalue weighted by Gasteiger charge is -2.09. The summed E-state index contributed by atoms with van der Waals surface area (Å²) in [7, 11) is 0. The molecule has 0 aliphatic carbocycles. The van der Waals surface area contributed by atoms with E-state index in [1.807, 2.05) is 50.3 Å². The van der Waals surface area contributed by atoms with Gasteiger partial charge in [-0.2, -0.15) is 0 Å². The van der Waals surface area contributed by atoms with Gasteiger partial charge in [-0.25, -0.2) is 14.2 Å². The Morgan fingerprint density at radius 3 is 2.44 bits per heavy atom. The number of nitrogens with zero attached hydrogens (tertiary/aromatic N) is 2. The van der Waals surface area contributed by atoms with Crippen LogP contribution in [0.15, 0.2) is 71.7 Å². The zero-order valence-corrected chi connectivity index (χ0v) is 18.5. The van der Waals surface area contributed by atoms with Gasteiger partial charge >= 0.3 is 11.7 Å². The van der Waals surface area contributed by atoms with Crippen molar-refractivity contribution in [1.82, 2.24) is 9.13 Å². The second-order valence-corrected chi connectivity index (χ2v) is 7.68. The molecule has 1 aromatic heterocycles. The van der Waals surface area contributed by atoms with Crippen molar-refractivity contribution >= 4 is 11.9 Å². The van der Waals surface area contributed by atoms with Crippen molar-refractivity contribution in [3.8, 4) is 11.1 Å². The molecule has 0 saturated heterocycles. The number of carbonyl (C=O) groups excluding carboxylic acids is 1. The van der Waals surface area contributed by atoms with Gasteiger partial charge in [0.25, 0.3) is 0 Å². The zero-order valence-electron chi connectivity index (χ0n) is 18.5. The lowest BCUT2D eigenvalue weighted by molar-refractivity contribution is 0.0697. The van der Waals surface area contributed by atoms with Gasteiger partial charge in [0.15, 0.2) is 0 Å². The minimum absolute atomic E-state index is 0.182. The molecule has 2 aromatic carbocycles. The Morgan fingerprint density at radius 1 is 1.06 bits per heavy atom. The summed E-state index contributed by atoms with van der Waals surface area (Å²) in [6, 6.07) is 14.4. The fourth-order valence-corrected chi connectivity index (χ4v) is 3.62. The molecule has 3 rings (SSSR count). The molecule has 0 atom stereocenters. The van der Waals surface area contributed by atoms with Crippen molar-refractivity contribution in [2.45, 2.75) is 46.1 Å². The van der Waals surface area contributed by atoms with Gasteiger partial charge in [-0.15, -0.1) is 0 Å². The standard InChI is InChI=1S/C26H28N2O4/c1-3-5-9-21-18-28(24(29)12-6-4-2)26(32)27(21)17-19-13-15-20(16-14-19)22-10-7-8-11-23(22)25(30)31/h3,5,7-8,10-11,13-16,18H,4,6,9,12,17H2,1-2H3,(H,30,31). The number of carboxylic acids is 1. The van der Waals surface area contributed by atoms with Crippen LogP contribution in [0.4, 0.5) is 0 Å². The Morgan fingerprint density at radius 2 is 1.78 bits per heavy atom. The van der Waals surface area contributed by atoms with Crippen LogP contribution in [0.3, 0.4) is 0 Å². The maximum absolute atomic E-state index is 13.0. The second kappa shape index (κ2) is 10.6. The molecule has 166 valence electrons. The third-order valence-electron chi connectivity index (χ3n) is 5.40. The number of imidazole rings is 1. The Kier molecular flexibility index (Phi) is 7.60. The molecule has 1 N–H and O–H groups in total. The number of aromatic carboxylic acids is 1. The number of carbonyl (C=O) groups is 2. The van der Waals surface area contributed by atoms with E-state index in [1.54, 1.807) is 35.0 Å². The summed E-state index contributed by atoms with van der Waals surface area (Å²) in [4.78, 5) is 37.0. The Labute approximate surface area is 187 Å². The smallest absolute Gasteiger partial charge is 0.336 e. The van der Waals surface area contributed by atoms with Gasteiger partial charge in [0.1, 0.15) is 0 Å². The minimum atomic E-state index is -0.973. The monoisotopic (exact) mass is 432 g/mol. The molecule has 0 radical (unpaired) electrons. The van der Waals surface area contributed by atoms with Crippen LogP contribution >= 0.6 is 0 Å². The quantitative estimate of drug-likeness (QED) is 0.482. The van der Waals surface area contributed by atoms with Gasteiger partial charge < -0.3 is 5.11 Å². The van der Waals surface area contributed by atoms with Crippen LogP contribution in [-0.2, 0) is 13.0 Å². The predicted molar refractivity (Wildman–Crippen MR) is 125 cm³/mol. The number of rotatable bonds is 9. The van der Waals surface area contributed by atoms with Gasteiger partial charge in [0, 0.05) is 24.7 Å². The van der Waals surface area contributed by atoms with Gasteiger partial charge in [-0.1, -0.05) is 68.0 Å². The normalized spacial score (nSPS) is 11.2. The number of unbranched alkanes of at least 4 members (excludes halogenated alkanes) is 1. The van der Waals surface area contributed by atoms with Crippen LogP contribution in [-0.4, -0.2) is 26.1 Å². The van der Waals surface area contributed by atoms with E-state index in [2.05, 4.69) is 0 Å². The lowest BCUT2D eigenvalue weighted by Crippen LogP contribution is -2.29. The zero-order chi connectivity index (χ0) is 23.1. The summed E-state index contributed by atoms with van der Waals surface area (Å²) < 4.78 is 2.86. The minimum Gasteiger partial charge on any atom is -0.478 e. The first-order chi connectivity index (χ1) is 15.5. The molecule has 0 saturated carbocycles. The Bertz CT molecular complexity index is 1180. The first-order valence-electron chi connectivity index (χ1n) is 10.8. The first kappa shape index (κ1) is 23.0. The number of aromatic nitrogens is 2. The summed E-state index contributed by atoms with van der Waals surface area (Å²) >= 11 is 0. The van der Waals surface area contributed by atoms with Crippen LogP contribution in [0.5, 0.6) is 0 Å². The molecule has 0 aliphatic rings. The first-order valence-corrected chi connectivity index (χ1v) is 10.8. The lowest BCUT2D eigenvalue weighted by atomic mass is 9.99. The average molecular weight is 433 g/mol. The molecule has 0 unspecified atom stereocenters. The SMILES string of the molecule is CC=CCc1cn(C(=O)CCCC)c(=O)n1Cc1ccc(-c2ccccc2C(=O)O)cc1. The molecule has 0 bridgehead atoms. The molecule has 0 amide bonds. The van der Waals surface area contributed by atoms with Gasteiger partial charge in [-0.05, 0) is 36.1 Å². The van der Waals surface area contributed by atoms with Crippen molar-refractivity contribution in [1.29, 1.82) is 0 Å². The third-order valence-corrected chi connectivity index (χ3v) is 5.40. The molecule has 1 heterocycles. The molecule has 6 nitrogen and oxygen atoms in total. The van der Waals surface area contributed by atoms with E-state index in [0.717, 1.165) is 29.7 Å². The molecule has 0 aliphatic heterocycles. The van der Waals surface area contributed by atoms with E-state index < -0.39 is 5.97 Å². The summed E-state index contributed by atoms with van der Waals surface area (Å²) in [6.45, 7) is 4.26. The number of hydrogen-bond donors (Lipinski definition) is 1. The second-order valence-electron chi connectivity index (χ2n) is 7.68. The molecular weight excluding hydrogens is 404 g/mol. The molecular formula is C26H28N2O4. The average Bonchev–Trinajstić information content (AvgIpc) is 3.11. The number of hydrogen-bond acceptors (Lipinski definition) is 3. The maximum Gasteiger partial charge on any atom is 0.336 e.